The first-order valence-electron chi connectivity index (χ1n) is 6.11. The van der Waals surface area contributed by atoms with Gasteiger partial charge in [0, 0.05) is 18.5 Å². The van der Waals surface area contributed by atoms with Crippen LogP contribution in [-0.4, -0.2) is 32.3 Å². The fraction of sp³-hybridized carbons (Fsp3) is 0.462. The molecule has 1 atom stereocenters. The normalized spacial score (nSPS) is 12.9. The van der Waals surface area contributed by atoms with Crippen LogP contribution in [0.1, 0.15) is 19.8 Å². The summed E-state index contributed by atoms with van der Waals surface area (Å²) in [5, 5.41) is 12.0. The molecule has 0 aromatic heterocycles. The van der Waals surface area contributed by atoms with Crippen LogP contribution >= 0.6 is 0 Å². The van der Waals surface area contributed by atoms with Crippen molar-refractivity contribution in [3.8, 4) is 0 Å². The lowest BCUT2D eigenvalue weighted by atomic mass is 10.0. The van der Waals surface area contributed by atoms with Crippen LogP contribution in [0.3, 0.4) is 0 Å². The number of benzene rings is 1. The molecule has 19 heavy (non-hydrogen) atoms. The number of hydrogen-bond donors (Lipinski definition) is 2. The fourth-order valence-electron chi connectivity index (χ4n) is 1.72. The number of nitrogens with one attached hydrogen (secondary N) is 1. The van der Waals surface area contributed by atoms with Crippen molar-refractivity contribution >= 4 is 21.5 Å². The molecule has 0 fully saturated rings. The summed E-state index contributed by atoms with van der Waals surface area (Å²) in [6, 6.07) is 6.29. The van der Waals surface area contributed by atoms with E-state index in [0.717, 1.165) is 18.4 Å². The second-order valence-electron chi connectivity index (χ2n) is 4.50. The largest absolute Gasteiger partial charge is 0.481 e. The maximum Gasteiger partial charge on any atom is 0.308 e. The summed E-state index contributed by atoms with van der Waals surface area (Å²) in [4.78, 5) is 11.2. The highest BCUT2D eigenvalue weighted by molar-refractivity contribution is 7.90. The Balaban J connectivity index is 2.66. The summed E-state index contributed by atoms with van der Waals surface area (Å²) < 4.78 is 22.6. The van der Waals surface area contributed by atoms with E-state index in [9.17, 15) is 13.2 Å². The van der Waals surface area contributed by atoms with Crippen molar-refractivity contribution in [3.05, 3.63) is 24.3 Å². The van der Waals surface area contributed by atoms with Crippen molar-refractivity contribution in [1.29, 1.82) is 0 Å². The molecule has 0 aliphatic heterocycles. The number of aliphatic carboxylic acids is 1. The van der Waals surface area contributed by atoms with Gasteiger partial charge in [0.1, 0.15) is 0 Å². The minimum absolute atomic E-state index is 0.251. The average molecular weight is 285 g/mol. The van der Waals surface area contributed by atoms with Gasteiger partial charge < -0.3 is 10.4 Å². The summed E-state index contributed by atoms with van der Waals surface area (Å²) in [7, 11) is -3.19. The summed E-state index contributed by atoms with van der Waals surface area (Å²) in [5.74, 6) is -1.25. The molecule has 5 nitrogen and oxygen atoms in total. The minimum atomic E-state index is -3.19. The Kier molecular flexibility index (Phi) is 5.35. The molecule has 1 aromatic rings. The molecule has 0 heterocycles. The maximum absolute atomic E-state index is 11.3. The summed E-state index contributed by atoms with van der Waals surface area (Å²) in [5.41, 5.74) is 0.717. The molecule has 1 unspecified atom stereocenters. The Morgan fingerprint density at radius 1 is 1.32 bits per heavy atom. The van der Waals surface area contributed by atoms with Crippen LogP contribution < -0.4 is 5.32 Å². The van der Waals surface area contributed by atoms with Crippen molar-refractivity contribution in [3.63, 3.8) is 0 Å². The Labute approximate surface area is 113 Å². The molecule has 1 rings (SSSR count). The molecule has 106 valence electrons. The molecule has 0 spiro atoms. The van der Waals surface area contributed by atoms with Gasteiger partial charge in [-0.1, -0.05) is 13.3 Å². The van der Waals surface area contributed by atoms with Crippen molar-refractivity contribution in [1.82, 2.24) is 0 Å². The van der Waals surface area contributed by atoms with Crippen molar-refractivity contribution in [2.24, 2.45) is 5.92 Å². The predicted molar refractivity (Wildman–Crippen MR) is 74.1 cm³/mol. The molecule has 6 heteroatoms. The summed E-state index contributed by atoms with van der Waals surface area (Å²) >= 11 is 0. The summed E-state index contributed by atoms with van der Waals surface area (Å²) in [6.45, 7) is 2.28. The van der Waals surface area contributed by atoms with Gasteiger partial charge in [-0.2, -0.15) is 0 Å². The highest BCUT2D eigenvalue weighted by Gasteiger charge is 2.15. The molecule has 0 amide bonds. The van der Waals surface area contributed by atoms with Gasteiger partial charge in [0.2, 0.25) is 0 Å². The van der Waals surface area contributed by atoms with E-state index in [1.54, 1.807) is 12.1 Å². The van der Waals surface area contributed by atoms with Gasteiger partial charge in [-0.15, -0.1) is 0 Å². The lowest BCUT2D eigenvalue weighted by Gasteiger charge is -2.13. The Bertz CT molecular complexity index is 522. The van der Waals surface area contributed by atoms with E-state index in [1.807, 2.05) is 6.92 Å². The van der Waals surface area contributed by atoms with Crippen LogP contribution in [-0.2, 0) is 14.6 Å². The zero-order valence-electron chi connectivity index (χ0n) is 11.1. The minimum Gasteiger partial charge on any atom is -0.481 e. The number of sulfone groups is 1. The second-order valence-corrected chi connectivity index (χ2v) is 6.52. The molecule has 2 N–H and O–H groups in total. The monoisotopic (exact) mass is 285 g/mol. The van der Waals surface area contributed by atoms with E-state index in [4.69, 9.17) is 5.11 Å². The zero-order chi connectivity index (χ0) is 14.5. The van der Waals surface area contributed by atoms with Gasteiger partial charge in [0.15, 0.2) is 9.84 Å². The molecule has 0 aliphatic rings. The highest BCUT2D eigenvalue weighted by atomic mass is 32.2. The number of carboxylic acid groups (broad SMARTS) is 1. The van der Waals surface area contributed by atoms with Crippen LogP contribution in [0.5, 0.6) is 0 Å². The van der Waals surface area contributed by atoms with Crippen LogP contribution in [0, 0.1) is 5.92 Å². The maximum atomic E-state index is 11.3. The number of hydrogen-bond acceptors (Lipinski definition) is 4. The van der Waals surface area contributed by atoms with Crippen LogP contribution in [0.25, 0.3) is 0 Å². The van der Waals surface area contributed by atoms with E-state index in [-0.39, 0.29) is 4.90 Å². The highest BCUT2D eigenvalue weighted by Crippen LogP contribution is 2.15. The van der Waals surface area contributed by atoms with E-state index < -0.39 is 21.7 Å². The van der Waals surface area contributed by atoms with E-state index in [2.05, 4.69) is 5.32 Å². The average Bonchev–Trinajstić information content (AvgIpc) is 2.33. The van der Waals surface area contributed by atoms with E-state index in [1.165, 1.54) is 12.1 Å². The number of rotatable bonds is 7. The lowest BCUT2D eigenvalue weighted by Crippen LogP contribution is -2.22. The zero-order valence-corrected chi connectivity index (χ0v) is 11.9. The molecule has 0 saturated carbocycles. The SMILES string of the molecule is CCCC(CNc1ccc(S(C)(=O)=O)cc1)C(=O)O. The Morgan fingerprint density at radius 2 is 1.89 bits per heavy atom. The van der Waals surface area contributed by atoms with Gasteiger partial charge in [-0.05, 0) is 30.7 Å². The molecular formula is C13H19NO4S. The third-order valence-corrected chi connectivity index (χ3v) is 3.95. The summed E-state index contributed by atoms with van der Waals surface area (Å²) in [6.07, 6.45) is 2.58. The van der Waals surface area contributed by atoms with E-state index >= 15 is 0 Å². The van der Waals surface area contributed by atoms with Gasteiger partial charge in [-0.25, -0.2) is 8.42 Å². The number of anilines is 1. The van der Waals surface area contributed by atoms with Gasteiger partial charge in [0.05, 0.1) is 10.8 Å². The standard InChI is InChI=1S/C13H19NO4S/c1-3-4-10(13(15)16)9-14-11-5-7-12(8-6-11)19(2,17)18/h5-8,10,14H,3-4,9H2,1-2H3,(H,15,16). The second kappa shape index (κ2) is 6.56. The Morgan fingerprint density at radius 3 is 2.32 bits per heavy atom. The first-order valence-corrected chi connectivity index (χ1v) is 8.00. The van der Waals surface area contributed by atoms with Crippen LogP contribution in [0.2, 0.25) is 0 Å². The van der Waals surface area contributed by atoms with Crippen molar-refractivity contribution in [2.75, 3.05) is 18.1 Å². The number of carboxylic acids is 1. The lowest BCUT2D eigenvalue weighted by molar-refractivity contribution is -0.141. The van der Waals surface area contributed by atoms with Crippen molar-refractivity contribution in [2.45, 2.75) is 24.7 Å². The third-order valence-electron chi connectivity index (χ3n) is 2.82. The van der Waals surface area contributed by atoms with E-state index in [0.29, 0.717) is 13.0 Å². The van der Waals surface area contributed by atoms with Crippen LogP contribution in [0.15, 0.2) is 29.2 Å². The quantitative estimate of drug-likeness (QED) is 0.800. The Hall–Kier alpha value is -1.56. The molecule has 0 bridgehead atoms. The fourth-order valence-corrected chi connectivity index (χ4v) is 2.35. The van der Waals surface area contributed by atoms with Gasteiger partial charge in [0.25, 0.3) is 0 Å². The molecule has 0 saturated heterocycles. The van der Waals surface area contributed by atoms with Gasteiger partial charge >= 0.3 is 5.97 Å². The molecule has 0 aliphatic carbocycles. The van der Waals surface area contributed by atoms with Crippen LogP contribution in [0.4, 0.5) is 5.69 Å². The third kappa shape index (κ3) is 4.90. The van der Waals surface area contributed by atoms with Crippen molar-refractivity contribution < 1.29 is 18.3 Å². The molecule has 0 radical (unpaired) electrons. The molecule has 1 aromatic carbocycles. The smallest absolute Gasteiger partial charge is 0.308 e. The first kappa shape index (κ1) is 15.5. The van der Waals surface area contributed by atoms with Gasteiger partial charge in [-0.3, -0.25) is 4.79 Å². The predicted octanol–water partition coefficient (Wildman–Crippen LogP) is 2.00. The topological polar surface area (TPSA) is 83.5 Å². The molecular weight excluding hydrogens is 266 g/mol. The first-order chi connectivity index (χ1) is 8.84. The number of carbonyl (C=O) groups is 1.